The Kier molecular flexibility index (Phi) is 6.21. The van der Waals surface area contributed by atoms with Crippen LogP contribution >= 0.6 is 11.8 Å². The van der Waals surface area contributed by atoms with Crippen molar-refractivity contribution in [1.82, 2.24) is 20.1 Å². The lowest BCUT2D eigenvalue weighted by atomic mass is 9.82. The van der Waals surface area contributed by atoms with Crippen LogP contribution in [0.1, 0.15) is 42.7 Å². The van der Waals surface area contributed by atoms with E-state index in [1.54, 1.807) is 23.7 Å². The summed E-state index contributed by atoms with van der Waals surface area (Å²) in [5.41, 5.74) is 0.809. The second-order valence-corrected chi connectivity index (χ2v) is 8.96. The van der Waals surface area contributed by atoms with Crippen LogP contribution in [-0.4, -0.2) is 25.6 Å². The number of nitro benzene ring substituents is 1. The smallest absolute Gasteiger partial charge is 0.284 e. The van der Waals surface area contributed by atoms with E-state index in [-0.39, 0.29) is 28.6 Å². The molecule has 1 aromatic heterocycles. The topological polar surface area (TPSA) is 103 Å². The Morgan fingerprint density at radius 1 is 1.20 bits per heavy atom. The molecule has 0 unspecified atom stereocenters. The van der Waals surface area contributed by atoms with Gasteiger partial charge in [-0.15, -0.1) is 10.2 Å². The van der Waals surface area contributed by atoms with Gasteiger partial charge in [-0.05, 0) is 34.9 Å². The molecule has 0 aliphatic rings. The van der Waals surface area contributed by atoms with Crippen molar-refractivity contribution < 1.29 is 9.72 Å². The third kappa shape index (κ3) is 4.85. The first kappa shape index (κ1) is 21.5. The molecule has 0 spiro atoms. The maximum Gasteiger partial charge on any atom is 0.284 e. The van der Waals surface area contributed by atoms with Crippen LogP contribution in [0.3, 0.4) is 0 Å². The highest BCUT2D eigenvalue weighted by Gasteiger charge is 2.29. The molecule has 9 heteroatoms. The van der Waals surface area contributed by atoms with Crippen molar-refractivity contribution in [2.45, 2.75) is 36.9 Å². The van der Waals surface area contributed by atoms with Gasteiger partial charge in [0.05, 0.1) is 15.9 Å². The van der Waals surface area contributed by atoms with Crippen LogP contribution in [0.25, 0.3) is 0 Å². The van der Waals surface area contributed by atoms with E-state index in [0.29, 0.717) is 10.1 Å². The summed E-state index contributed by atoms with van der Waals surface area (Å²) in [6.07, 6.45) is 1.52. The van der Waals surface area contributed by atoms with E-state index in [0.717, 1.165) is 17.3 Å². The number of rotatable bonds is 6. The summed E-state index contributed by atoms with van der Waals surface area (Å²) in [6.45, 7) is 6.11. The fourth-order valence-corrected chi connectivity index (χ4v) is 3.86. The Morgan fingerprint density at radius 2 is 1.90 bits per heavy atom. The number of carbonyl (C=O) groups excluding carboxylic acids is 1. The Hall–Kier alpha value is -3.20. The molecule has 0 radical (unpaired) electrons. The Balaban J connectivity index is 1.89. The fraction of sp³-hybridized carbons (Fsp3) is 0.286. The minimum atomic E-state index is -0.492. The third-order valence-electron chi connectivity index (χ3n) is 4.56. The highest BCUT2D eigenvalue weighted by molar-refractivity contribution is 7.99. The van der Waals surface area contributed by atoms with Gasteiger partial charge in [0.2, 0.25) is 0 Å². The van der Waals surface area contributed by atoms with E-state index < -0.39 is 4.92 Å². The molecular formula is C21H23N5O3S. The number of nitrogens with one attached hydrogen (secondary N) is 1. The maximum atomic E-state index is 13.0. The van der Waals surface area contributed by atoms with Crippen LogP contribution in [0, 0.1) is 15.5 Å². The van der Waals surface area contributed by atoms with Crippen LogP contribution in [0.15, 0.2) is 64.9 Å². The van der Waals surface area contributed by atoms with Gasteiger partial charge in [0.25, 0.3) is 11.6 Å². The SMILES string of the molecule is Cn1cnnc1Sc1ccc(C(=O)N[C@H](c2ccccc2)C(C)(C)C)cc1[N+](=O)[O-]. The molecular weight excluding hydrogens is 402 g/mol. The zero-order valence-corrected chi connectivity index (χ0v) is 18.0. The number of nitro groups is 1. The molecule has 0 fully saturated rings. The van der Waals surface area contributed by atoms with Gasteiger partial charge in [-0.3, -0.25) is 14.9 Å². The monoisotopic (exact) mass is 425 g/mol. The predicted octanol–water partition coefficient (Wildman–Crippen LogP) is 4.39. The van der Waals surface area contributed by atoms with Crippen molar-refractivity contribution in [3.05, 3.63) is 76.1 Å². The molecule has 1 N–H and O–H groups in total. The van der Waals surface area contributed by atoms with Crippen molar-refractivity contribution in [1.29, 1.82) is 0 Å². The largest absolute Gasteiger partial charge is 0.345 e. The summed E-state index contributed by atoms with van der Waals surface area (Å²) in [4.78, 5) is 24.5. The molecule has 0 saturated heterocycles. The molecule has 1 amide bonds. The maximum absolute atomic E-state index is 13.0. The van der Waals surface area contributed by atoms with Gasteiger partial charge >= 0.3 is 0 Å². The summed E-state index contributed by atoms with van der Waals surface area (Å²) in [5, 5.41) is 22.9. The van der Waals surface area contributed by atoms with E-state index in [1.165, 1.54) is 12.4 Å². The van der Waals surface area contributed by atoms with Crippen molar-refractivity contribution in [3.63, 3.8) is 0 Å². The van der Waals surface area contributed by atoms with Crippen molar-refractivity contribution in [2.24, 2.45) is 12.5 Å². The highest BCUT2D eigenvalue weighted by Crippen LogP contribution is 2.35. The standard InChI is InChI=1S/C21H23N5O3S/c1-21(2,3)18(14-8-6-5-7-9-14)23-19(27)15-10-11-17(16(12-15)26(28)29)30-20-24-22-13-25(20)4/h5-13,18H,1-4H3,(H,23,27)/t18-/m1/s1. The quantitative estimate of drug-likeness (QED) is 0.464. The zero-order valence-electron chi connectivity index (χ0n) is 17.2. The molecule has 0 bridgehead atoms. The Labute approximate surface area is 178 Å². The van der Waals surface area contributed by atoms with Crippen LogP contribution in [0.4, 0.5) is 5.69 Å². The van der Waals surface area contributed by atoms with Crippen LogP contribution in [-0.2, 0) is 7.05 Å². The lowest BCUT2D eigenvalue weighted by Gasteiger charge is -2.32. The summed E-state index contributed by atoms with van der Waals surface area (Å²) < 4.78 is 1.67. The zero-order chi connectivity index (χ0) is 21.9. The van der Waals surface area contributed by atoms with Crippen molar-refractivity contribution in [2.75, 3.05) is 0 Å². The normalized spacial score (nSPS) is 12.4. The Bertz CT molecular complexity index is 1060. The second-order valence-electron chi connectivity index (χ2n) is 7.95. The lowest BCUT2D eigenvalue weighted by molar-refractivity contribution is -0.387. The number of aromatic nitrogens is 3. The number of benzene rings is 2. The molecule has 0 aliphatic carbocycles. The van der Waals surface area contributed by atoms with Crippen LogP contribution in [0.2, 0.25) is 0 Å². The third-order valence-corrected chi connectivity index (χ3v) is 5.68. The minimum absolute atomic E-state index is 0.150. The van der Waals surface area contributed by atoms with Gasteiger partial charge in [0, 0.05) is 18.7 Å². The van der Waals surface area contributed by atoms with Crippen molar-refractivity contribution >= 4 is 23.4 Å². The molecule has 1 atom stereocenters. The number of aryl methyl sites for hydroxylation is 1. The van der Waals surface area contributed by atoms with Gasteiger partial charge in [0.15, 0.2) is 5.16 Å². The molecule has 3 aromatic rings. The molecule has 0 aliphatic heterocycles. The van der Waals surface area contributed by atoms with Gasteiger partial charge in [-0.1, -0.05) is 51.1 Å². The van der Waals surface area contributed by atoms with Gasteiger partial charge < -0.3 is 9.88 Å². The molecule has 3 rings (SSSR count). The minimum Gasteiger partial charge on any atom is -0.345 e. The molecule has 156 valence electrons. The molecule has 8 nitrogen and oxygen atoms in total. The highest BCUT2D eigenvalue weighted by atomic mass is 32.2. The summed E-state index contributed by atoms with van der Waals surface area (Å²) in [6, 6.07) is 13.9. The van der Waals surface area contributed by atoms with Gasteiger partial charge in [0.1, 0.15) is 6.33 Å². The van der Waals surface area contributed by atoms with Crippen LogP contribution in [0.5, 0.6) is 0 Å². The van der Waals surface area contributed by atoms with Crippen LogP contribution < -0.4 is 5.32 Å². The average Bonchev–Trinajstić information content (AvgIpc) is 3.10. The predicted molar refractivity (Wildman–Crippen MR) is 114 cm³/mol. The van der Waals surface area contributed by atoms with E-state index in [1.807, 2.05) is 51.1 Å². The van der Waals surface area contributed by atoms with Crippen molar-refractivity contribution in [3.8, 4) is 0 Å². The molecule has 30 heavy (non-hydrogen) atoms. The van der Waals surface area contributed by atoms with E-state index in [2.05, 4.69) is 15.5 Å². The van der Waals surface area contributed by atoms with E-state index in [4.69, 9.17) is 0 Å². The van der Waals surface area contributed by atoms with E-state index >= 15 is 0 Å². The lowest BCUT2D eigenvalue weighted by Crippen LogP contribution is -2.36. The first-order valence-corrected chi connectivity index (χ1v) is 10.1. The summed E-state index contributed by atoms with van der Waals surface area (Å²) >= 11 is 1.13. The van der Waals surface area contributed by atoms with Gasteiger partial charge in [-0.25, -0.2) is 0 Å². The number of carbonyl (C=O) groups is 1. The number of amides is 1. The second kappa shape index (κ2) is 8.66. The van der Waals surface area contributed by atoms with E-state index in [9.17, 15) is 14.9 Å². The number of hydrogen-bond acceptors (Lipinski definition) is 6. The number of hydrogen-bond donors (Lipinski definition) is 1. The van der Waals surface area contributed by atoms with Gasteiger partial charge in [-0.2, -0.15) is 0 Å². The molecule has 2 aromatic carbocycles. The summed E-state index contributed by atoms with van der Waals surface area (Å²) in [5.74, 6) is -0.364. The molecule has 1 heterocycles. The average molecular weight is 426 g/mol. The first-order chi connectivity index (χ1) is 14.2. The number of nitrogens with zero attached hydrogens (tertiary/aromatic N) is 4. The molecule has 0 saturated carbocycles. The Morgan fingerprint density at radius 3 is 2.47 bits per heavy atom. The first-order valence-electron chi connectivity index (χ1n) is 9.33. The fourth-order valence-electron chi connectivity index (χ4n) is 3.01. The summed E-state index contributed by atoms with van der Waals surface area (Å²) in [7, 11) is 1.76.